The van der Waals surface area contributed by atoms with Crippen molar-refractivity contribution >= 4 is 0 Å². The second kappa shape index (κ2) is 6.26. The first-order chi connectivity index (χ1) is 9.10. The quantitative estimate of drug-likeness (QED) is 0.848. The van der Waals surface area contributed by atoms with Crippen molar-refractivity contribution in [2.24, 2.45) is 5.92 Å². The Labute approximate surface area is 112 Å². The number of rotatable bonds is 4. The standard InChI is InChI=1S/C15H19F2NO/c1-2-11-5-7-18(8-6-11)10-15(19)13-9-12(16)3-4-14(13)17/h2-4,9,11,15,19H,1,5-8,10H2. The zero-order valence-electron chi connectivity index (χ0n) is 10.9. The van der Waals surface area contributed by atoms with Crippen LogP contribution in [0, 0.1) is 17.6 Å². The molecule has 1 N–H and O–H groups in total. The molecule has 0 aromatic heterocycles. The third kappa shape index (κ3) is 3.61. The summed E-state index contributed by atoms with van der Waals surface area (Å²) in [6, 6.07) is 3.18. The first kappa shape index (κ1) is 14.2. The second-order valence-corrected chi connectivity index (χ2v) is 5.06. The van der Waals surface area contributed by atoms with E-state index in [1.165, 1.54) is 0 Å². The van der Waals surface area contributed by atoms with Gasteiger partial charge in [-0.1, -0.05) is 6.08 Å². The number of likely N-dealkylation sites (tertiary alicyclic amines) is 1. The Morgan fingerprint density at radius 1 is 1.37 bits per heavy atom. The van der Waals surface area contributed by atoms with Crippen LogP contribution in [0.3, 0.4) is 0 Å². The van der Waals surface area contributed by atoms with E-state index in [1.807, 2.05) is 6.08 Å². The zero-order chi connectivity index (χ0) is 13.8. The minimum absolute atomic E-state index is 0.0332. The molecule has 1 unspecified atom stereocenters. The first-order valence-electron chi connectivity index (χ1n) is 6.58. The average molecular weight is 267 g/mol. The second-order valence-electron chi connectivity index (χ2n) is 5.06. The predicted molar refractivity (Wildman–Crippen MR) is 70.7 cm³/mol. The van der Waals surface area contributed by atoms with Crippen molar-refractivity contribution in [3.05, 3.63) is 48.1 Å². The maximum absolute atomic E-state index is 13.5. The molecule has 1 aromatic carbocycles. The summed E-state index contributed by atoms with van der Waals surface area (Å²) >= 11 is 0. The molecule has 1 aromatic rings. The molecule has 0 aliphatic carbocycles. The van der Waals surface area contributed by atoms with Gasteiger partial charge in [0.05, 0.1) is 6.10 Å². The predicted octanol–water partition coefficient (Wildman–Crippen LogP) is 2.90. The summed E-state index contributed by atoms with van der Waals surface area (Å²) in [6.45, 7) is 5.82. The van der Waals surface area contributed by atoms with Crippen LogP contribution in [-0.4, -0.2) is 29.6 Å². The van der Waals surface area contributed by atoms with Gasteiger partial charge in [0.1, 0.15) is 11.6 Å². The summed E-state index contributed by atoms with van der Waals surface area (Å²) in [5.41, 5.74) is 0.0332. The van der Waals surface area contributed by atoms with E-state index in [0.29, 0.717) is 12.5 Å². The van der Waals surface area contributed by atoms with Crippen LogP contribution in [0.1, 0.15) is 24.5 Å². The van der Waals surface area contributed by atoms with Crippen molar-refractivity contribution in [1.82, 2.24) is 4.90 Å². The van der Waals surface area contributed by atoms with E-state index in [9.17, 15) is 13.9 Å². The Balaban J connectivity index is 1.96. The monoisotopic (exact) mass is 267 g/mol. The summed E-state index contributed by atoms with van der Waals surface area (Å²) in [5, 5.41) is 10.0. The van der Waals surface area contributed by atoms with Gasteiger partial charge < -0.3 is 10.0 Å². The van der Waals surface area contributed by atoms with E-state index in [0.717, 1.165) is 44.1 Å². The van der Waals surface area contributed by atoms with Crippen molar-refractivity contribution in [2.45, 2.75) is 18.9 Å². The zero-order valence-corrected chi connectivity index (χ0v) is 10.9. The van der Waals surface area contributed by atoms with Crippen molar-refractivity contribution in [2.75, 3.05) is 19.6 Å². The van der Waals surface area contributed by atoms with E-state index >= 15 is 0 Å². The molecular weight excluding hydrogens is 248 g/mol. The highest BCUT2D eigenvalue weighted by Gasteiger charge is 2.21. The van der Waals surface area contributed by atoms with Gasteiger partial charge in [-0.2, -0.15) is 0 Å². The lowest BCUT2D eigenvalue weighted by molar-refractivity contribution is 0.0920. The minimum Gasteiger partial charge on any atom is -0.387 e. The normalized spacial score (nSPS) is 19.3. The number of hydrogen-bond donors (Lipinski definition) is 1. The first-order valence-corrected chi connectivity index (χ1v) is 6.58. The van der Waals surface area contributed by atoms with E-state index in [4.69, 9.17) is 0 Å². The summed E-state index contributed by atoms with van der Waals surface area (Å²) in [7, 11) is 0. The highest BCUT2D eigenvalue weighted by atomic mass is 19.1. The minimum atomic E-state index is -0.990. The van der Waals surface area contributed by atoms with Crippen LogP contribution in [0.15, 0.2) is 30.9 Å². The topological polar surface area (TPSA) is 23.5 Å². The number of β-amino-alcohol motifs (C(OH)–C–C–N with tert-alkyl or cyclic N) is 1. The van der Waals surface area contributed by atoms with Crippen molar-refractivity contribution in [3.8, 4) is 0 Å². The molecule has 1 aliphatic rings. The Kier molecular flexibility index (Phi) is 4.66. The van der Waals surface area contributed by atoms with Gasteiger partial charge in [0.2, 0.25) is 0 Å². The molecule has 0 saturated carbocycles. The fraction of sp³-hybridized carbons (Fsp3) is 0.467. The lowest BCUT2D eigenvalue weighted by Crippen LogP contribution is -2.36. The third-order valence-corrected chi connectivity index (χ3v) is 3.71. The molecule has 0 spiro atoms. The van der Waals surface area contributed by atoms with E-state index in [1.54, 1.807) is 0 Å². The van der Waals surface area contributed by atoms with Crippen LogP contribution >= 0.6 is 0 Å². The summed E-state index contributed by atoms with van der Waals surface area (Å²) < 4.78 is 26.6. The maximum atomic E-state index is 13.5. The molecule has 1 saturated heterocycles. The van der Waals surface area contributed by atoms with Gasteiger partial charge in [-0.15, -0.1) is 6.58 Å². The van der Waals surface area contributed by atoms with Gasteiger partial charge in [-0.3, -0.25) is 0 Å². The molecule has 1 fully saturated rings. The number of allylic oxidation sites excluding steroid dienone is 1. The van der Waals surface area contributed by atoms with Crippen LogP contribution < -0.4 is 0 Å². The highest BCUT2D eigenvalue weighted by molar-refractivity contribution is 5.21. The molecule has 1 aliphatic heterocycles. The highest BCUT2D eigenvalue weighted by Crippen LogP contribution is 2.23. The van der Waals surface area contributed by atoms with Gasteiger partial charge in [-0.25, -0.2) is 8.78 Å². The number of piperidine rings is 1. The van der Waals surface area contributed by atoms with Crippen LogP contribution in [0.2, 0.25) is 0 Å². The van der Waals surface area contributed by atoms with Gasteiger partial charge in [-0.05, 0) is 50.0 Å². The number of benzene rings is 1. The molecular formula is C15H19F2NO. The average Bonchev–Trinajstić information content (AvgIpc) is 2.42. The molecule has 104 valence electrons. The van der Waals surface area contributed by atoms with Gasteiger partial charge in [0, 0.05) is 12.1 Å². The lowest BCUT2D eigenvalue weighted by Gasteiger charge is -2.32. The van der Waals surface area contributed by atoms with E-state index in [-0.39, 0.29) is 5.56 Å². The van der Waals surface area contributed by atoms with Gasteiger partial charge in [0.15, 0.2) is 0 Å². The molecule has 2 rings (SSSR count). The molecule has 1 atom stereocenters. The number of nitrogens with zero attached hydrogens (tertiary/aromatic N) is 1. The summed E-state index contributed by atoms with van der Waals surface area (Å²) in [6.07, 6.45) is 2.97. The molecule has 2 nitrogen and oxygen atoms in total. The maximum Gasteiger partial charge on any atom is 0.129 e. The SMILES string of the molecule is C=CC1CCN(CC(O)c2cc(F)ccc2F)CC1. The lowest BCUT2D eigenvalue weighted by atomic mass is 9.96. The summed E-state index contributed by atoms with van der Waals surface area (Å²) in [4.78, 5) is 2.08. The molecule has 1 heterocycles. The third-order valence-electron chi connectivity index (χ3n) is 3.71. The van der Waals surface area contributed by atoms with E-state index in [2.05, 4.69) is 11.5 Å². The van der Waals surface area contributed by atoms with Crippen LogP contribution in [0.25, 0.3) is 0 Å². The smallest absolute Gasteiger partial charge is 0.129 e. The number of aliphatic hydroxyl groups is 1. The fourth-order valence-electron chi connectivity index (χ4n) is 2.48. The van der Waals surface area contributed by atoms with Gasteiger partial charge in [0.25, 0.3) is 0 Å². The largest absolute Gasteiger partial charge is 0.387 e. The van der Waals surface area contributed by atoms with Crippen LogP contribution in [-0.2, 0) is 0 Å². The number of hydrogen-bond acceptors (Lipinski definition) is 2. The summed E-state index contributed by atoms with van der Waals surface area (Å²) in [5.74, 6) is -0.560. The Morgan fingerprint density at radius 3 is 2.68 bits per heavy atom. The fourth-order valence-corrected chi connectivity index (χ4v) is 2.48. The van der Waals surface area contributed by atoms with Gasteiger partial charge >= 0.3 is 0 Å². The van der Waals surface area contributed by atoms with Crippen molar-refractivity contribution in [1.29, 1.82) is 0 Å². The Hall–Kier alpha value is -1.26. The van der Waals surface area contributed by atoms with Crippen LogP contribution in [0.4, 0.5) is 8.78 Å². The number of aliphatic hydroxyl groups excluding tert-OH is 1. The molecule has 4 heteroatoms. The Morgan fingerprint density at radius 2 is 2.05 bits per heavy atom. The van der Waals surface area contributed by atoms with Crippen molar-refractivity contribution < 1.29 is 13.9 Å². The molecule has 0 amide bonds. The molecule has 0 radical (unpaired) electrons. The molecule has 19 heavy (non-hydrogen) atoms. The molecule has 0 bridgehead atoms. The van der Waals surface area contributed by atoms with Crippen molar-refractivity contribution in [3.63, 3.8) is 0 Å². The Bertz CT molecular complexity index is 442. The van der Waals surface area contributed by atoms with E-state index < -0.39 is 17.7 Å². The number of halogens is 2. The van der Waals surface area contributed by atoms with Crippen LogP contribution in [0.5, 0.6) is 0 Å².